The van der Waals surface area contributed by atoms with Gasteiger partial charge in [0.1, 0.15) is 42.4 Å². The lowest BCUT2D eigenvalue weighted by Gasteiger charge is -2.47. The van der Waals surface area contributed by atoms with Crippen LogP contribution >= 0.6 is 11.3 Å². The molecule has 0 radical (unpaired) electrons. The quantitative estimate of drug-likeness (QED) is 0.0136. The van der Waals surface area contributed by atoms with Gasteiger partial charge in [0, 0.05) is 76.1 Å². The summed E-state index contributed by atoms with van der Waals surface area (Å²) in [6, 6.07) is 24.4. The maximum Gasteiger partial charge on any atom is 0.319 e. The molecule has 3 aromatic heterocycles. The van der Waals surface area contributed by atoms with Crippen LogP contribution in [0.4, 0.5) is 22.0 Å². The average molecular weight is 1410 g/mol. The van der Waals surface area contributed by atoms with Crippen molar-refractivity contribution in [1.82, 2.24) is 51.0 Å². The number of amides is 6. The number of anilines is 3. The predicted molar refractivity (Wildman–Crippen MR) is 385 cm³/mol. The number of nitrogens with two attached hydrogens (primary N) is 1. The zero-order chi connectivity index (χ0) is 71.0. The number of fused-ring (bicyclic) bond motifs is 3. The number of piperidine rings is 1. The van der Waals surface area contributed by atoms with Crippen LogP contribution in [0.15, 0.2) is 95.0 Å². The number of carboxylic acids is 1. The van der Waals surface area contributed by atoms with E-state index in [1.807, 2.05) is 81.7 Å². The molecule has 0 bridgehead atoms. The lowest BCUT2D eigenvalue weighted by atomic mass is 9.68. The van der Waals surface area contributed by atoms with Gasteiger partial charge in [-0.05, 0) is 148 Å². The summed E-state index contributed by atoms with van der Waals surface area (Å²) in [5.74, 6) is -1.01. The van der Waals surface area contributed by atoms with Crippen LogP contribution in [0.1, 0.15) is 127 Å². The molecular weight excluding hydrogens is 1310 g/mol. The van der Waals surface area contributed by atoms with E-state index in [1.165, 1.54) is 0 Å². The summed E-state index contributed by atoms with van der Waals surface area (Å²) in [7, 11) is -2.26. The lowest BCUT2D eigenvalue weighted by molar-refractivity contribution is -0.162. The summed E-state index contributed by atoms with van der Waals surface area (Å²) in [6.45, 7) is 27.2. The molecule has 4 fully saturated rings. The van der Waals surface area contributed by atoms with Crippen LogP contribution in [0, 0.1) is 24.2 Å². The molecule has 1 saturated carbocycles. The normalized spacial score (nSPS) is 19.6. The third kappa shape index (κ3) is 17.1. The van der Waals surface area contributed by atoms with Crippen molar-refractivity contribution in [3.63, 3.8) is 0 Å². The van der Waals surface area contributed by atoms with Crippen LogP contribution in [-0.2, 0) is 35.0 Å². The van der Waals surface area contributed by atoms with Gasteiger partial charge in [-0.3, -0.25) is 33.8 Å². The number of aryl methyl sites for hydroxylation is 1. The lowest BCUT2D eigenvalue weighted by Crippen LogP contribution is -2.58. The fourth-order valence-corrected chi connectivity index (χ4v) is 16.2. The summed E-state index contributed by atoms with van der Waals surface area (Å²) >= 11 is 1.60. The number of ether oxygens (including phenoxy) is 2. The van der Waals surface area contributed by atoms with Crippen molar-refractivity contribution < 1.29 is 52.3 Å². The molecule has 0 spiro atoms. The Hall–Kier alpha value is -8.50. The SMILES string of the molecule is Cc1ncsc1-c1ccc([C@H](C)NC(=O)[C@@H]2C[C@@H](O[Si](C)(C)C(C)(C)C)CN2C(=O)[C@@H](c2cc(OCCN3CCC(CN4CCN5c6cc(-c7ccccc7OCc7ccc(NC(=O)[C@H](CCCNC(N)=O)NC(=O)C8(C(=O)O)CCC8)cc7)nnc6NC[C@H]5C4)CC3)no2)C(C)C)cc1. The first-order chi connectivity index (χ1) is 47.8. The predicted octanol–water partition coefficient (Wildman–Crippen LogP) is 9.58. The van der Waals surface area contributed by atoms with Gasteiger partial charge < -0.3 is 65.6 Å². The first-order valence-electron chi connectivity index (χ1n) is 35.2. The first kappa shape index (κ1) is 72.7. The van der Waals surface area contributed by atoms with Gasteiger partial charge in [0.25, 0.3) is 5.88 Å². The topological polar surface area (TPSA) is 314 Å². The molecule has 3 saturated heterocycles. The molecule has 11 rings (SSSR count). The zero-order valence-corrected chi connectivity index (χ0v) is 60.8. The number of carbonyl (C=O) groups is 6. The van der Waals surface area contributed by atoms with E-state index in [0.717, 1.165) is 110 Å². The van der Waals surface area contributed by atoms with E-state index in [0.29, 0.717) is 67.1 Å². The van der Waals surface area contributed by atoms with Crippen LogP contribution in [0.3, 0.4) is 0 Å². The van der Waals surface area contributed by atoms with Crippen LogP contribution in [0.25, 0.3) is 21.7 Å². The van der Waals surface area contributed by atoms with Crippen LogP contribution < -0.4 is 46.7 Å². The molecule has 6 atom stereocenters. The van der Waals surface area contributed by atoms with E-state index in [1.54, 1.807) is 34.4 Å². The van der Waals surface area contributed by atoms with E-state index in [-0.39, 0.29) is 73.4 Å². The van der Waals surface area contributed by atoms with Crippen molar-refractivity contribution in [2.45, 2.75) is 161 Å². The Labute approximate surface area is 590 Å². The number of primary amides is 1. The van der Waals surface area contributed by atoms with E-state index >= 15 is 0 Å². The number of hydrogen-bond acceptors (Lipinski definition) is 19. The highest BCUT2D eigenvalue weighted by molar-refractivity contribution is 7.13. The minimum Gasteiger partial charge on any atom is -0.488 e. The van der Waals surface area contributed by atoms with E-state index in [2.05, 4.69) is 114 Å². The maximum absolute atomic E-state index is 15.0. The average Bonchev–Trinajstić information content (AvgIpc) is 1.18. The number of nitrogens with zero attached hydrogens (tertiary/aromatic N) is 8. The van der Waals surface area contributed by atoms with Crippen molar-refractivity contribution >= 4 is 72.5 Å². The smallest absolute Gasteiger partial charge is 0.319 e. The van der Waals surface area contributed by atoms with Crippen molar-refractivity contribution in [3.8, 4) is 33.3 Å². The summed E-state index contributed by atoms with van der Waals surface area (Å²) in [6.07, 6.45) is 3.72. The molecule has 25 nitrogen and oxygen atoms in total. The maximum atomic E-state index is 15.0. The minimum atomic E-state index is -2.26. The summed E-state index contributed by atoms with van der Waals surface area (Å²) in [5.41, 5.74) is 12.3. The van der Waals surface area contributed by atoms with E-state index in [4.69, 9.17) is 24.2 Å². The Bertz CT molecular complexity index is 3850. The molecule has 5 aliphatic rings. The van der Waals surface area contributed by atoms with Crippen LogP contribution in [0.2, 0.25) is 18.1 Å². The van der Waals surface area contributed by atoms with Gasteiger partial charge in [-0.1, -0.05) is 89.6 Å². The fraction of sp³-hybridized carbons (Fsp3) is 0.534. The second-order valence-corrected chi connectivity index (χ2v) is 35.0. The van der Waals surface area contributed by atoms with Gasteiger partial charge >= 0.3 is 12.0 Å². The number of benzene rings is 3. The monoisotopic (exact) mass is 1410 g/mol. The Morgan fingerprint density at radius 2 is 1.65 bits per heavy atom. The molecule has 3 aromatic carbocycles. The number of nitrogens with one attached hydrogen (secondary N) is 5. The third-order valence-corrected chi connectivity index (χ3v) is 26.6. The third-order valence-electron chi connectivity index (χ3n) is 21.1. The molecule has 6 aromatic rings. The second-order valence-electron chi connectivity index (χ2n) is 29.4. The highest BCUT2D eigenvalue weighted by atomic mass is 32.1. The van der Waals surface area contributed by atoms with Gasteiger partial charge in [-0.25, -0.2) is 9.78 Å². The Kier molecular flexibility index (Phi) is 23.0. The highest BCUT2D eigenvalue weighted by Gasteiger charge is 2.52. The Morgan fingerprint density at radius 1 is 0.900 bits per heavy atom. The highest BCUT2D eigenvalue weighted by Crippen LogP contribution is 2.43. The molecule has 536 valence electrons. The van der Waals surface area contributed by atoms with Crippen LogP contribution in [0.5, 0.6) is 11.6 Å². The molecular formula is C73H98N14O11SSi. The molecule has 4 aliphatic heterocycles. The van der Waals surface area contributed by atoms with Gasteiger partial charge in [0.15, 0.2) is 19.9 Å². The van der Waals surface area contributed by atoms with Gasteiger partial charge in [0.05, 0.1) is 45.7 Å². The number of rotatable bonds is 28. The standard InChI is InChI=1S/C73H98N14O11SSi/c1-45(2)63(68(90)87-42-54(98-100(8,9)72(5,6)7)36-59(87)67(89)78-46(3)50-19-21-51(22-20-50)64-47(4)77-44-99-64)61-38-62(83-97-61)95-35-34-84-30-25-48(26-31-84)40-85-32-33-86-53(41-85)39-76-65-58(86)37-57(81-82-65)55-14-10-11-16-60(55)96-43-49-17-23-52(24-18-49)79-66(88)56(15-12-29-75-71(74)94)80-69(91)73(70(92)93)27-13-28-73/h10-11,14,16-24,37-38,44-46,48,53-54,56,59,63H,12-13,15,25-36,39-43H2,1-9H3,(H,76,82)(H,78,89)(H,79,88)(H,80,91)(H,92,93)(H3,74,75,94)/t46-,53-,54+,56-,59-,63+/m0/s1. The number of likely N-dealkylation sites (tertiary alicyclic amines) is 2. The van der Waals surface area contributed by atoms with Crippen molar-refractivity contribution in [1.29, 1.82) is 0 Å². The number of aromatic nitrogens is 4. The number of hydrogen-bond donors (Lipinski definition) is 7. The second kappa shape index (κ2) is 31.6. The molecule has 100 heavy (non-hydrogen) atoms. The van der Waals surface area contributed by atoms with Crippen molar-refractivity contribution in [2.24, 2.45) is 23.0 Å². The van der Waals surface area contributed by atoms with Gasteiger partial charge in [0.2, 0.25) is 23.6 Å². The van der Waals surface area contributed by atoms with Crippen molar-refractivity contribution in [2.75, 3.05) is 87.6 Å². The minimum absolute atomic E-state index is 0.0591. The first-order valence-corrected chi connectivity index (χ1v) is 39.0. The number of thiazole rings is 1. The zero-order valence-electron chi connectivity index (χ0n) is 59.0. The number of aliphatic carboxylic acids is 1. The Morgan fingerprint density at radius 3 is 2.33 bits per heavy atom. The summed E-state index contributed by atoms with van der Waals surface area (Å²) in [5, 5.41) is 38.2. The van der Waals surface area contributed by atoms with Gasteiger partial charge in [-0.15, -0.1) is 21.5 Å². The molecule has 7 heterocycles. The van der Waals surface area contributed by atoms with E-state index in [9.17, 15) is 33.9 Å². The number of carboxylic acid groups (broad SMARTS) is 1. The molecule has 8 N–H and O–H groups in total. The molecule has 0 unspecified atom stereocenters. The number of para-hydroxylation sites is 1. The number of carbonyl (C=O) groups excluding carboxylic acids is 5. The number of urea groups is 1. The summed E-state index contributed by atoms with van der Waals surface area (Å²) < 4.78 is 25.5. The largest absolute Gasteiger partial charge is 0.488 e. The molecule has 1 aliphatic carbocycles. The summed E-state index contributed by atoms with van der Waals surface area (Å²) in [4.78, 5) is 94.2. The Balaban J connectivity index is 0.634. The molecule has 6 amide bonds. The number of piperazine rings is 1. The van der Waals surface area contributed by atoms with Crippen molar-refractivity contribution in [3.05, 3.63) is 113 Å². The van der Waals surface area contributed by atoms with Gasteiger partial charge in [-0.2, -0.15) is 0 Å². The van der Waals surface area contributed by atoms with E-state index < -0.39 is 55.5 Å². The molecule has 27 heteroatoms. The van der Waals surface area contributed by atoms with Crippen LogP contribution in [-0.4, -0.2) is 180 Å². The fourth-order valence-electron chi connectivity index (χ4n) is 14.0.